The normalized spacial score (nSPS) is 27.8. The summed E-state index contributed by atoms with van der Waals surface area (Å²) in [7, 11) is 1.67. The van der Waals surface area contributed by atoms with Crippen LogP contribution in [0.25, 0.3) is 10.9 Å². The second-order valence-electron chi connectivity index (χ2n) is 7.84. The molecule has 0 amide bonds. The highest BCUT2D eigenvalue weighted by atomic mass is 16.5. The van der Waals surface area contributed by atoms with Gasteiger partial charge in [0.25, 0.3) is 0 Å². The van der Waals surface area contributed by atoms with Gasteiger partial charge in [0, 0.05) is 24.5 Å². The largest absolute Gasteiger partial charge is 0.479 e. The summed E-state index contributed by atoms with van der Waals surface area (Å²) in [5.74, 6) is 0.340. The molecule has 2 aromatic rings. The summed E-state index contributed by atoms with van der Waals surface area (Å²) in [5.41, 5.74) is 1.10. The number of carboxylic acids is 1. The van der Waals surface area contributed by atoms with Crippen molar-refractivity contribution in [2.75, 3.05) is 25.2 Å². The van der Waals surface area contributed by atoms with Crippen LogP contribution in [-0.2, 0) is 9.53 Å². The Bertz CT molecular complexity index is 843. The highest BCUT2D eigenvalue weighted by Crippen LogP contribution is 2.60. The minimum atomic E-state index is -0.867. The van der Waals surface area contributed by atoms with Gasteiger partial charge >= 0.3 is 5.97 Å². The van der Waals surface area contributed by atoms with Crippen molar-refractivity contribution >= 4 is 22.7 Å². The number of anilines is 1. The first-order chi connectivity index (χ1) is 11.9. The zero-order valence-electron chi connectivity index (χ0n) is 14.8. The molecule has 2 bridgehead atoms. The van der Waals surface area contributed by atoms with Gasteiger partial charge in [-0.3, -0.25) is 0 Å². The predicted molar refractivity (Wildman–Crippen MR) is 94.9 cm³/mol. The van der Waals surface area contributed by atoms with E-state index in [0.29, 0.717) is 31.9 Å². The van der Waals surface area contributed by atoms with Crippen molar-refractivity contribution in [2.45, 2.75) is 38.1 Å². The second-order valence-corrected chi connectivity index (χ2v) is 7.84. The molecule has 132 valence electrons. The molecule has 0 radical (unpaired) electrons. The number of rotatable bonds is 5. The molecule has 1 aliphatic carbocycles. The highest BCUT2D eigenvalue weighted by Gasteiger charge is 2.70. The minimum absolute atomic E-state index is 0.0833. The van der Waals surface area contributed by atoms with Crippen molar-refractivity contribution in [2.24, 2.45) is 5.41 Å². The zero-order chi connectivity index (χ0) is 17.8. The van der Waals surface area contributed by atoms with Gasteiger partial charge in [-0.15, -0.1) is 0 Å². The molecule has 2 saturated heterocycles. The Kier molecular flexibility index (Phi) is 3.51. The standard InChI is InChI=1S/C19H23N3O3/c1-12(2)13-4-5-15-14(6-13)16(21-11-20-15)22-9-18(10-25-3)7-19(22,8-18)17(23)24/h4-6,11-12H,7-10H2,1-3H3,(H,23,24). The molecule has 1 aromatic carbocycles. The van der Waals surface area contributed by atoms with Gasteiger partial charge in [-0.1, -0.05) is 19.9 Å². The Morgan fingerprint density at radius 1 is 1.36 bits per heavy atom. The Balaban J connectivity index is 1.84. The molecule has 1 aromatic heterocycles. The summed E-state index contributed by atoms with van der Waals surface area (Å²) in [5, 5.41) is 10.8. The Morgan fingerprint density at radius 3 is 2.76 bits per heavy atom. The molecule has 2 aliphatic heterocycles. The summed E-state index contributed by atoms with van der Waals surface area (Å²) in [6.45, 7) is 5.53. The molecule has 3 aliphatic rings. The van der Waals surface area contributed by atoms with Crippen molar-refractivity contribution < 1.29 is 14.6 Å². The van der Waals surface area contributed by atoms with Crippen LogP contribution in [-0.4, -0.2) is 46.8 Å². The Hall–Kier alpha value is -2.21. The van der Waals surface area contributed by atoms with Gasteiger partial charge in [-0.25, -0.2) is 14.8 Å². The number of carbonyl (C=O) groups is 1. The lowest BCUT2D eigenvalue weighted by Crippen LogP contribution is -2.56. The molecule has 3 heterocycles. The van der Waals surface area contributed by atoms with Gasteiger partial charge in [0.05, 0.1) is 12.1 Å². The van der Waals surface area contributed by atoms with Crippen LogP contribution in [0.3, 0.4) is 0 Å². The van der Waals surface area contributed by atoms with Gasteiger partial charge in [0.15, 0.2) is 0 Å². The molecule has 1 saturated carbocycles. The van der Waals surface area contributed by atoms with Gasteiger partial charge in [0.1, 0.15) is 17.7 Å². The molecule has 1 N–H and O–H groups in total. The molecule has 6 heteroatoms. The van der Waals surface area contributed by atoms with E-state index in [9.17, 15) is 9.90 Å². The summed E-state index contributed by atoms with van der Waals surface area (Å²) in [4.78, 5) is 22.9. The fourth-order valence-corrected chi connectivity index (χ4v) is 4.61. The number of ether oxygens (including phenoxy) is 1. The van der Waals surface area contributed by atoms with E-state index in [1.54, 1.807) is 7.11 Å². The number of fused-ring (bicyclic) bond motifs is 2. The third kappa shape index (κ3) is 2.24. The monoisotopic (exact) mass is 341 g/mol. The lowest BCUT2D eigenvalue weighted by atomic mass is 9.62. The topological polar surface area (TPSA) is 75.5 Å². The second kappa shape index (κ2) is 5.39. The molecule has 25 heavy (non-hydrogen) atoms. The highest BCUT2D eigenvalue weighted by molar-refractivity contribution is 5.95. The average molecular weight is 341 g/mol. The van der Waals surface area contributed by atoms with Gasteiger partial charge < -0.3 is 14.7 Å². The maximum absolute atomic E-state index is 12.1. The first-order valence-electron chi connectivity index (χ1n) is 8.65. The van der Waals surface area contributed by atoms with E-state index in [2.05, 4.69) is 35.9 Å². The lowest BCUT2D eigenvalue weighted by molar-refractivity contribution is -0.149. The molecule has 6 nitrogen and oxygen atoms in total. The zero-order valence-corrected chi connectivity index (χ0v) is 14.8. The van der Waals surface area contributed by atoms with Crippen LogP contribution >= 0.6 is 0 Å². The summed E-state index contributed by atoms with van der Waals surface area (Å²) in [6.07, 6.45) is 2.75. The number of nitrogens with zero attached hydrogens (tertiary/aromatic N) is 3. The van der Waals surface area contributed by atoms with E-state index in [1.807, 2.05) is 11.0 Å². The van der Waals surface area contributed by atoms with Crippen molar-refractivity contribution in [3.63, 3.8) is 0 Å². The molecular weight excluding hydrogens is 318 g/mol. The predicted octanol–water partition coefficient (Wildman–Crippen LogP) is 2.82. The van der Waals surface area contributed by atoms with Gasteiger partial charge in [0.2, 0.25) is 0 Å². The van der Waals surface area contributed by atoms with Crippen molar-refractivity contribution in [1.29, 1.82) is 0 Å². The fourth-order valence-electron chi connectivity index (χ4n) is 4.61. The van der Waals surface area contributed by atoms with E-state index in [0.717, 1.165) is 16.7 Å². The maximum atomic E-state index is 12.1. The van der Waals surface area contributed by atoms with Crippen LogP contribution in [0.15, 0.2) is 24.5 Å². The number of hydrogen-bond acceptors (Lipinski definition) is 5. The molecule has 5 rings (SSSR count). The van der Waals surface area contributed by atoms with Crippen molar-refractivity contribution in [1.82, 2.24) is 9.97 Å². The number of aliphatic carboxylic acids is 1. The van der Waals surface area contributed by atoms with Gasteiger partial charge in [-0.2, -0.15) is 0 Å². The number of benzene rings is 1. The Morgan fingerprint density at radius 2 is 2.12 bits per heavy atom. The molecule has 0 spiro atoms. The fraction of sp³-hybridized carbons (Fsp3) is 0.526. The quantitative estimate of drug-likeness (QED) is 0.901. The van der Waals surface area contributed by atoms with E-state index in [4.69, 9.17) is 4.74 Å². The van der Waals surface area contributed by atoms with Crippen molar-refractivity contribution in [3.8, 4) is 0 Å². The number of hydrogen-bond donors (Lipinski definition) is 1. The number of methoxy groups -OCH3 is 1. The number of aromatic nitrogens is 2. The van der Waals surface area contributed by atoms with E-state index in [-0.39, 0.29) is 5.41 Å². The SMILES string of the molecule is COCC12CN(c3ncnc4ccc(C(C)C)cc34)C(C(=O)O)(C1)C2. The third-order valence-electron chi connectivity index (χ3n) is 5.75. The van der Waals surface area contributed by atoms with E-state index >= 15 is 0 Å². The van der Waals surface area contributed by atoms with Crippen LogP contribution in [0.1, 0.15) is 38.2 Å². The van der Waals surface area contributed by atoms with Crippen LogP contribution < -0.4 is 4.90 Å². The van der Waals surface area contributed by atoms with Crippen molar-refractivity contribution in [3.05, 3.63) is 30.1 Å². The van der Waals surface area contributed by atoms with E-state index < -0.39 is 11.5 Å². The molecule has 3 fully saturated rings. The minimum Gasteiger partial charge on any atom is -0.479 e. The molecule has 0 unspecified atom stereocenters. The molecular formula is C19H23N3O3. The Labute approximate surface area is 146 Å². The van der Waals surface area contributed by atoms with E-state index in [1.165, 1.54) is 11.9 Å². The van der Waals surface area contributed by atoms with Crippen LogP contribution in [0.5, 0.6) is 0 Å². The average Bonchev–Trinajstić information content (AvgIpc) is 3.05. The first-order valence-corrected chi connectivity index (χ1v) is 8.65. The number of carboxylic acid groups (broad SMARTS) is 1. The van der Waals surface area contributed by atoms with Crippen LogP contribution in [0.2, 0.25) is 0 Å². The smallest absolute Gasteiger partial charge is 0.329 e. The van der Waals surface area contributed by atoms with Crippen LogP contribution in [0, 0.1) is 5.41 Å². The maximum Gasteiger partial charge on any atom is 0.329 e. The summed E-state index contributed by atoms with van der Waals surface area (Å²) in [6, 6.07) is 6.17. The molecule has 0 atom stereocenters. The van der Waals surface area contributed by atoms with Crippen LogP contribution in [0.4, 0.5) is 5.82 Å². The summed E-state index contributed by atoms with van der Waals surface area (Å²) < 4.78 is 5.36. The lowest BCUT2D eigenvalue weighted by Gasteiger charge is -2.44. The third-order valence-corrected chi connectivity index (χ3v) is 5.75. The first kappa shape index (κ1) is 16.3. The van der Waals surface area contributed by atoms with Gasteiger partial charge in [-0.05, 0) is 36.5 Å². The summed E-state index contributed by atoms with van der Waals surface area (Å²) >= 11 is 0.